The summed E-state index contributed by atoms with van der Waals surface area (Å²) in [6.07, 6.45) is 7.98. The minimum atomic E-state index is 0.690. The van der Waals surface area contributed by atoms with Gasteiger partial charge in [0, 0.05) is 30.1 Å². The van der Waals surface area contributed by atoms with Crippen LogP contribution in [0.25, 0.3) is 0 Å². The Hall–Kier alpha value is -0.410. The lowest BCUT2D eigenvalue weighted by Gasteiger charge is -2.15. The lowest BCUT2D eigenvalue weighted by Crippen LogP contribution is -2.30. The van der Waals surface area contributed by atoms with E-state index < -0.39 is 0 Å². The molecule has 1 aromatic heterocycles. The Morgan fingerprint density at radius 3 is 2.75 bits per heavy atom. The smallest absolute Gasteiger partial charge is 0.0940 e. The van der Waals surface area contributed by atoms with E-state index >= 15 is 0 Å². The maximum Gasteiger partial charge on any atom is 0.0940 e. The average Bonchev–Trinajstić information content (AvgIpc) is 2.76. The fourth-order valence-corrected chi connectivity index (χ4v) is 2.67. The standard InChI is InChI=1S/C13H24N2S/c1-4-7-11(5-2)14-9-8-13-15-10-12(6-3)16-13/h10-11,14H,4-9H2,1-3H3. The monoisotopic (exact) mass is 240 g/mol. The molecule has 3 heteroatoms. The highest BCUT2D eigenvalue weighted by molar-refractivity contribution is 7.11. The van der Waals surface area contributed by atoms with E-state index in [9.17, 15) is 0 Å². The number of aromatic nitrogens is 1. The molecule has 1 heterocycles. The van der Waals surface area contributed by atoms with Gasteiger partial charge >= 0.3 is 0 Å². The molecule has 0 saturated heterocycles. The van der Waals surface area contributed by atoms with Crippen LogP contribution in [0, 0.1) is 0 Å². The topological polar surface area (TPSA) is 24.9 Å². The maximum atomic E-state index is 4.43. The van der Waals surface area contributed by atoms with E-state index in [4.69, 9.17) is 0 Å². The Bertz CT molecular complexity index is 283. The van der Waals surface area contributed by atoms with E-state index in [1.165, 1.54) is 29.1 Å². The third kappa shape index (κ3) is 4.62. The summed E-state index contributed by atoms with van der Waals surface area (Å²) in [6.45, 7) is 7.75. The zero-order valence-electron chi connectivity index (χ0n) is 10.8. The summed E-state index contributed by atoms with van der Waals surface area (Å²) in [5.74, 6) is 0. The van der Waals surface area contributed by atoms with E-state index in [1.807, 2.05) is 17.5 Å². The zero-order chi connectivity index (χ0) is 11.8. The summed E-state index contributed by atoms with van der Waals surface area (Å²) in [7, 11) is 0. The van der Waals surface area contributed by atoms with Crippen LogP contribution >= 0.6 is 11.3 Å². The molecular formula is C13H24N2S. The molecule has 0 amide bonds. The van der Waals surface area contributed by atoms with Crippen molar-refractivity contribution >= 4 is 11.3 Å². The number of thiazole rings is 1. The molecule has 1 unspecified atom stereocenters. The van der Waals surface area contributed by atoms with Crippen LogP contribution in [0.5, 0.6) is 0 Å². The van der Waals surface area contributed by atoms with Gasteiger partial charge in [0.15, 0.2) is 0 Å². The van der Waals surface area contributed by atoms with Crippen LogP contribution in [-0.4, -0.2) is 17.6 Å². The molecule has 0 aliphatic rings. The predicted octanol–water partition coefficient (Wildman–Crippen LogP) is 3.42. The van der Waals surface area contributed by atoms with E-state index in [0.29, 0.717) is 6.04 Å². The van der Waals surface area contributed by atoms with E-state index in [1.54, 1.807) is 0 Å². The second kappa shape index (κ2) is 7.80. The summed E-state index contributed by atoms with van der Waals surface area (Å²) < 4.78 is 0. The van der Waals surface area contributed by atoms with Crippen molar-refractivity contribution in [2.45, 2.75) is 58.9 Å². The molecule has 0 radical (unpaired) electrons. The second-order valence-corrected chi connectivity index (χ2v) is 5.37. The first-order chi connectivity index (χ1) is 7.80. The van der Waals surface area contributed by atoms with Gasteiger partial charge < -0.3 is 5.32 Å². The maximum absolute atomic E-state index is 4.43. The molecular weight excluding hydrogens is 216 g/mol. The molecule has 0 spiro atoms. The van der Waals surface area contributed by atoms with Crippen molar-refractivity contribution in [3.05, 3.63) is 16.1 Å². The van der Waals surface area contributed by atoms with Crippen molar-refractivity contribution in [3.8, 4) is 0 Å². The molecule has 0 fully saturated rings. The lowest BCUT2D eigenvalue weighted by atomic mass is 10.1. The van der Waals surface area contributed by atoms with Gasteiger partial charge in [0.25, 0.3) is 0 Å². The Morgan fingerprint density at radius 1 is 1.38 bits per heavy atom. The van der Waals surface area contributed by atoms with Gasteiger partial charge in [-0.05, 0) is 19.3 Å². The van der Waals surface area contributed by atoms with Crippen molar-refractivity contribution < 1.29 is 0 Å². The minimum absolute atomic E-state index is 0.690. The molecule has 0 aromatic carbocycles. The average molecular weight is 240 g/mol. The van der Waals surface area contributed by atoms with Gasteiger partial charge in [-0.25, -0.2) is 4.98 Å². The van der Waals surface area contributed by atoms with E-state index in [0.717, 1.165) is 19.4 Å². The molecule has 1 aromatic rings. The minimum Gasteiger partial charge on any atom is -0.314 e. The Balaban J connectivity index is 2.23. The lowest BCUT2D eigenvalue weighted by molar-refractivity contribution is 0.466. The quantitative estimate of drug-likeness (QED) is 0.753. The fourth-order valence-electron chi connectivity index (χ4n) is 1.81. The molecule has 92 valence electrons. The zero-order valence-corrected chi connectivity index (χ0v) is 11.6. The highest BCUT2D eigenvalue weighted by Gasteiger charge is 2.05. The number of hydrogen-bond acceptors (Lipinski definition) is 3. The van der Waals surface area contributed by atoms with Crippen molar-refractivity contribution in [2.75, 3.05) is 6.54 Å². The third-order valence-electron chi connectivity index (χ3n) is 2.85. The SMILES string of the molecule is CCCC(CC)NCCc1ncc(CC)s1. The third-order valence-corrected chi connectivity index (χ3v) is 4.05. The normalized spacial score (nSPS) is 12.9. The van der Waals surface area contributed by atoms with Crippen LogP contribution in [-0.2, 0) is 12.8 Å². The van der Waals surface area contributed by atoms with Crippen LogP contribution < -0.4 is 5.32 Å². The molecule has 1 rings (SSSR count). The number of rotatable bonds is 8. The first kappa shape index (κ1) is 13.7. The van der Waals surface area contributed by atoms with Crippen molar-refractivity contribution in [3.63, 3.8) is 0 Å². The number of hydrogen-bond donors (Lipinski definition) is 1. The van der Waals surface area contributed by atoms with Gasteiger partial charge in [-0.15, -0.1) is 11.3 Å². The molecule has 0 aliphatic heterocycles. The van der Waals surface area contributed by atoms with Crippen LogP contribution in [0.2, 0.25) is 0 Å². The molecule has 0 saturated carbocycles. The summed E-state index contributed by atoms with van der Waals surface area (Å²) >= 11 is 1.85. The fraction of sp³-hybridized carbons (Fsp3) is 0.769. The van der Waals surface area contributed by atoms with Gasteiger partial charge in [-0.2, -0.15) is 0 Å². The highest BCUT2D eigenvalue weighted by Crippen LogP contribution is 2.13. The summed E-state index contributed by atoms with van der Waals surface area (Å²) in [5.41, 5.74) is 0. The number of aryl methyl sites for hydroxylation is 1. The summed E-state index contributed by atoms with van der Waals surface area (Å²) in [4.78, 5) is 5.83. The first-order valence-corrected chi connectivity index (χ1v) is 7.28. The Morgan fingerprint density at radius 2 is 2.19 bits per heavy atom. The van der Waals surface area contributed by atoms with Gasteiger partial charge in [-0.1, -0.05) is 27.2 Å². The second-order valence-electron chi connectivity index (χ2n) is 4.17. The highest BCUT2D eigenvalue weighted by atomic mass is 32.1. The molecule has 0 bridgehead atoms. The van der Waals surface area contributed by atoms with Gasteiger partial charge in [0.1, 0.15) is 0 Å². The predicted molar refractivity (Wildman–Crippen MR) is 72.2 cm³/mol. The summed E-state index contributed by atoms with van der Waals surface area (Å²) in [5, 5.41) is 4.89. The van der Waals surface area contributed by atoms with Crippen LogP contribution in [0.4, 0.5) is 0 Å². The van der Waals surface area contributed by atoms with Crippen molar-refractivity contribution in [1.29, 1.82) is 0 Å². The first-order valence-electron chi connectivity index (χ1n) is 6.47. The van der Waals surface area contributed by atoms with Gasteiger partial charge in [0.05, 0.1) is 5.01 Å². The van der Waals surface area contributed by atoms with Crippen LogP contribution in [0.15, 0.2) is 6.20 Å². The van der Waals surface area contributed by atoms with Crippen molar-refractivity contribution in [2.24, 2.45) is 0 Å². The number of nitrogens with one attached hydrogen (secondary N) is 1. The number of nitrogens with zero attached hydrogens (tertiary/aromatic N) is 1. The van der Waals surface area contributed by atoms with E-state index in [-0.39, 0.29) is 0 Å². The molecule has 0 aliphatic carbocycles. The van der Waals surface area contributed by atoms with Crippen molar-refractivity contribution in [1.82, 2.24) is 10.3 Å². The molecule has 16 heavy (non-hydrogen) atoms. The van der Waals surface area contributed by atoms with Gasteiger partial charge in [0.2, 0.25) is 0 Å². The summed E-state index contributed by atoms with van der Waals surface area (Å²) in [6, 6.07) is 0.690. The molecule has 2 nitrogen and oxygen atoms in total. The Kier molecular flexibility index (Phi) is 6.65. The Labute approximate surface area is 103 Å². The van der Waals surface area contributed by atoms with Crippen LogP contribution in [0.3, 0.4) is 0 Å². The van der Waals surface area contributed by atoms with Gasteiger partial charge in [-0.3, -0.25) is 0 Å². The molecule has 1 atom stereocenters. The molecule has 1 N–H and O–H groups in total. The van der Waals surface area contributed by atoms with Crippen LogP contribution in [0.1, 0.15) is 49.9 Å². The largest absolute Gasteiger partial charge is 0.314 e. The van der Waals surface area contributed by atoms with E-state index in [2.05, 4.69) is 31.1 Å².